The maximum absolute atomic E-state index is 12.8. The number of furan rings is 1. The van der Waals surface area contributed by atoms with Crippen molar-refractivity contribution < 1.29 is 14.0 Å². The molecule has 1 N–H and O–H groups in total. The van der Waals surface area contributed by atoms with Crippen molar-refractivity contribution in [3.8, 4) is 11.3 Å². The van der Waals surface area contributed by atoms with Crippen molar-refractivity contribution in [1.29, 1.82) is 0 Å². The van der Waals surface area contributed by atoms with Gasteiger partial charge in [0.2, 0.25) is 5.91 Å². The monoisotopic (exact) mass is 536 g/mol. The lowest BCUT2D eigenvalue weighted by molar-refractivity contribution is -0.128. The minimum atomic E-state index is -0.356. The van der Waals surface area contributed by atoms with Crippen LogP contribution in [0.1, 0.15) is 11.3 Å². The molecule has 0 bridgehead atoms. The van der Waals surface area contributed by atoms with E-state index in [9.17, 15) is 9.59 Å². The van der Waals surface area contributed by atoms with Crippen molar-refractivity contribution in [3.05, 3.63) is 85.9 Å². The summed E-state index contributed by atoms with van der Waals surface area (Å²) < 4.78 is 6.13. The van der Waals surface area contributed by atoms with E-state index in [1.807, 2.05) is 18.2 Å². The normalized spacial score (nSPS) is 14.9. The first-order valence-electron chi connectivity index (χ1n) is 9.62. The number of benzene rings is 2. The van der Waals surface area contributed by atoms with Gasteiger partial charge in [0.05, 0.1) is 20.0 Å². The Kier molecular flexibility index (Phi) is 7.46. The summed E-state index contributed by atoms with van der Waals surface area (Å²) in [7, 11) is 0. The van der Waals surface area contributed by atoms with Crippen LogP contribution in [-0.2, 0) is 16.1 Å². The number of rotatable bonds is 6. The van der Waals surface area contributed by atoms with Gasteiger partial charge in [0.15, 0.2) is 0 Å². The number of hydrogen-bond acceptors (Lipinski definition) is 5. The van der Waals surface area contributed by atoms with E-state index >= 15 is 0 Å². The summed E-state index contributed by atoms with van der Waals surface area (Å²) >= 11 is 24.5. The second-order valence-corrected chi connectivity index (χ2v) is 9.87. The number of amides is 2. The molecule has 1 aliphatic heterocycles. The average Bonchev–Trinajstić information content (AvgIpc) is 3.35. The fourth-order valence-electron chi connectivity index (χ4n) is 3.05. The summed E-state index contributed by atoms with van der Waals surface area (Å²) in [4.78, 5) is 26.8. The molecule has 168 valence electrons. The largest absolute Gasteiger partial charge is 0.457 e. The lowest BCUT2D eigenvalue weighted by Crippen LogP contribution is -2.39. The van der Waals surface area contributed by atoms with E-state index in [2.05, 4.69) is 5.32 Å². The third kappa shape index (κ3) is 5.62. The molecule has 1 saturated heterocycles. The molecule has 2 aromatic carbocycles. The lowest BCUT2D eigenvalue weighted by atomic mass is 10.2. The Morgan fingerprint density at radius 1 is 1.06 bits per heavy atom. The van der Waals surface area contributed by atoms with Crippen molar-refractivity contribution in [2.45, 2.75) is 6.54 Å². The summed E-state index contributed by atoms with van der Waals surface area (Å²) in [5.74, 6) is 0.363. The number of carbonyl (C=O) groups excluding carboxylic acids is 2. The third-order valence-corrected chi connectivity index (χ3v) is 7.13. The summed E-state index contributed by atoms with van der Waals surface area (Å²) in [6.07, 6.45) is 1.60. The highest BCUT2D eigenvalue weighted by atomic mass is 35.5. The van der Waals surface area contributed by atoms with E-state index in [4.69, 9.17) is 51.4 Å². The van der Waals surface area contributed by atoms with Gasteiger partial charge in [0.1, 0.15) is 22.4 Å². The van der Waals surface area contributed by atoms with Gasteiger partial charge in [-0.3, -0.25) is 14.5 Å². The number of thioether (sulfide) groups is 1. The number of hydrogen-bond donors (Lipinski definition) is 1. The van der Waals surface area contributed by atoms with Gasteiger partial charge < -0.3 is 9.73 Å². The minimum Gasteiger partial charge on any atom is -0.457 e. The van der Waals surface area contributed by atoms with Crippen molar-refractivity contribution in [1.82, 2.24) is 10.2 Å². The second kappa shape index (κ2) is 10.3. The van der Waals surface area contributed by atoms with Crippen molar-refractivity contribution in [2.24, 2.45) is 0 Å². The zero-order valence-corrected chi connectivity index (χ0v) is 20.7. The molecule has 3 aromatic rings. The quantitative estimate of drug-likeness (QED) is 0.290. The molecule has 0 spiro atoms. The summed E-state index contributed by atoms with van der Waals surface area (Å²) in [5.41, 5.74) is 1.54. The molecule has 2 heterocycles. The first-order chi connectivity index (χ1) is 15.8. The molecule has 0 aliphatic carbocycles. The molecule has 1 aliphatic rings. The number of nitrogens with one attached hydrogen (secondary N) is 1. The molecule has 5 nitrogen and oxygen atoms in total. The number of halogens is 3. The van der Waals surface area contributed by atoms with Crippen molar-refractivity contribution >= 4 is 81.0 Å². The van der Waals surface area contributed by atoms with Crippen LogP contribution in [0.5, 0.6) is 0 Å². The van der Waals surface area contributed by atoms with E-state index < -0.39 is 0 Å². The Morgan fingerprint density at radius 3 is 2.61 bits per heavy atom. The molecule has 33 heavy (non-hydrogen) atoms. The highest BCUT2D eigenvalue weighted by Gasteiger charge is 2.33. The first-order valence-corrected chi connectivity index (χ1v) is 12.0. The molecule has 0 atom stereocenters. The van der Waals surface area contributed by atoms with E-state index in [0.717, 1.165) is 22.9 Å². The van der Waals surface area contributed by atoms with Gasteiger partial charge in [0, 0.05) is 18.2 Å². The Labute approximate surface area is 214 Å². The van der Waals surface area contributed by atoms with Gasteiger partial charge in [-0.05, 0) is 42.0 Å². The average molecular weight is 538 g/mol. The molecule has 0 saturated carbocycles. The van der Waals surface area contributed by atoms with Crippen LogP contribution in [0.4, 0.5) is 0 Å². The van der Waals surface area contributed by atoms with Crippen LogP contribution in [-0.4, -0.2) is 27.6 Å². The lowest BCUT2D eigenvalue weighted by Gasteiger charge is -2.14. The predicted molar refractivity (Wildman–Crippen MR) is 137 cm³/mol. The third-order valence-electron chi connectivity index (χ3n) is 4.69. The summed E-state index contributed by atoms with van der Waals surface area (Å²) in [6, 6.07) is 15.9. The van der Waals surface area contributed by atoms with E-state index in [1.54, 1.807) is 42.5 Å². The predicted octanol–water partition coefficient (Wildman–Crippen LogP) is 6.42. The van der Waals surface area contributed by atoms with Crippen molar-refractivity contribution in [3.63, 3.8) is 0 Å². The van der Waals surface area contributed by atoms with E-state index in [-0.39, 0.29) is 24.9 Å². The number of carbonyl (C=O) groups is 2. The van der Waals surface area contributed by atoms with Gasteiger partial charge in [0.25, 0.3) is 5.91 Å². The van der Waals surface area contributed by atoms with Crippen LogP contribution in [0.25, 0.3) is 17.4 Å². The fraction of sp³-hybridized carbons (Fsp3) is 0.0870. The molecular weight excluding hydrogens is 523 g/mol. The summed E-state index contributed by atoms with van der Waals surface area (Å²) in [5, 5.41) is 4.16. The van der Waals surface area contributed by atoms with Crippen LogP contribution in [0.3, 0.4) is 0 Å². The minimum absolute atomic E-state index is 0.188. The zero-order chi connectivity index (χ0) is 23.5. The number of thiocarbonyl (C=S) groups is 1. The van der Waals surface area contributed by atoms with Crippen LogP contribution in [0, 0.1) is 0 Å². The maximum Gasteiger partial charge on any atom is 0.266 e. The smallest absolute Gasteiger partial charge is 0.266 e. The van der Waals surface area contributed by atoms with Crippen LogP contribution >= 0.6 is 58.8 Å². The fourth-order valence-corrected chi connectivity index (χ4v) is 4.84. The van der Waals surface area contributed by atoms with E-state index in [0.29, 0.717) is 35.8 Å². The molecule has 10 heteroatoms. The van der Waals surface area contributed by atoms with Crippen LogP contribution in [0.2, 0.25) is 15.1 Å². The zero-order valence-electron chi connectivity index (χ0n) is 16.8. The molecule has 0 radical (unpaired) electrons. The van der Waals surface area contributed by atoms with Gasteiger partial charge >= 0.3 is 0 Å². The second-order valence-electron chi connectivity index (χ2n) is 6.97. The molecule has 4 rings (SSSR count). The Bertz CT molecular complexity index is 1290. The molecule has 1 aromatic heterocycles. The molecule has 0 unspecified atom stereocenters. The van der Waals surface area contributed by atoms with Gasteiger partial charge in [-0.2, -0.15) is 0 Å². The first kappa shape index (κ1) is 23.9. The van der Waals surface area contributed by atoms with Crippen molar-refractivity contribution in [2.75, 3.05) is 6.54 Å². The summed E-state index contributed by atoms with van der Waals surface area (Å²) in [6.45, 7) is 0.0595. The van der Waals surface area contributed by atoms with Crippen LogP contribution < -0.4 is 5.32 Å². The highest BCUT2D eigenvalue weighted by Crippen LogP contribution is 2.34. The van der Waals surface area contributed by atoms with Crippen LogP contribution in [0.15, 0.2) is 63.9 Å². The SMILES string of the molecule is O=C(CN1C(=O)C(=Cc2ccc(-c3ccccc3Cl)o2)SC1=S)NCc1ccc(Cl)c(Cl)c1. The van der Waals surface area contributed by atoms with Gasteiger partial charge in [-0.15, -0.1) is 0 Å². The Hall–Kier alpha value is -2.29. The highest BCUT2D eigenvalue weighted by molar-refractivity contribution is 8.26. The van der Waals surface area contributed by atoms with Gasteiger partial charge in [-0.1, -0.05) is 77.0 Å². The number of nitrogens with zero attached hydrogens (tertiary/aromatic N) is 1. The maximum atomic E-state index is 12.8. The molecule has 1 fully saturated rings. The topological polar surface area (TPSA) is 62.6 Å². The molecule has 2 amide bonds. The Balaban J connectivity index is 1.40. The van der Waals surface area contributed by atoms with E-state index in [1.165, 1.54) is 4.90 Å². The Morgan fingerprint density at radius 2 is 1.85 bits per heavy atom. The standard InChI is InChI=1S/C23H15Cl3N2O3S2/c24-16-4-2-1-3-15(16)19-8-6-14(31-19)10-20-22(30)28(23(32)33-20)12-21(29)27-11-13-5-7-17(25)18(26)9-13/h1-10H,11-12H2,(H,27,29). The molecular formula is C23H15Cl3N2O3S2. The van der Waals surface area contributed by atoms with Gasteiger partial charge in [-0.25, -0.2) is 0 Å².